The second-order valence-electron chi connectivity index (χ2n) is 7.49. The second kappa shape index (κ2) is 7.55. The Morgan fingerprint density at radius 3 is 2.74 bits per heavy atom. The molecule has 0 atom stereocenters. The van der Waals surface area contributed by atoms with Crippen LogP contribution in [0.5, 0.6) is 5.75 Å². The molecule has 0 radical (unpaired) electrons. The first kappa shape index (κ1) is 17.8. The minimum Gasteiger partial charge on any atom is -0.483 e. The molecule has 0 bridgehead atoms. The van der Waals surface area contributed by atoms with Crippen LogP contribution in [0, 0.1) is 13.8 Å². The first-order chi connectivity index (χ1) is 13.1. The molecule has 1 saturated carbocycles. The highest BCUT2D eigenvalue weighted by Crippen LogP contribution is 2.32. The summed E-state index contributed by atoms with van der Waals surface area (Å²) in [5.41, 5.74) is 3.82. The fraction of sp³-hybridized carbons (Fsp3) is 0.391. The van der Waals surface area contributed by atoms with Crippen LogP contribution >= 0.6 is 0 Å². The number of benzene rings is 1. The molecule has 140 valence electrons. The number of fused-ring (bicyclic) bond motifs is 1. The lowest BCUT2D eigenvalue weighted by atomic mass is 9.95. The Morgan fingerprint density at radius 1 is 1.15 bits per heavy atom. The zero-order valence-corrected chi connectivity index (χ0v) is 16.1. The summed E-state index contributed by atoms with van der Waals surface area (Å²) in [4.78, 5) is 17.3. The largest absolute Gasteiger partial charge is 0.483 e. The van der Waals surface area contributed by atoms with Gasteiger partial charge in [0, 0.05) is 34.6 Å². The maximum Gasteiger partial charge on any atom is 0.202 e. The van der Waals surface area contributed by atoms with Gasteiger partial charge in [-0.05, 0) is 44.9 Å². The van der Waals surface area contributed by atoms with Crippen molar-refractivity contribution in [2.45, 2.75) is 52.0 Å². The second-order valence-corrected chi connectivity index (χ2v) is 7.49. The van der Waals surface area contributed by atoms with E-state index in [1.54, 1.807) is 6.20 Å². The summed E-state index contributed by atoms with van der Waals surface area (Å²) < 4.78 is 8.23. The molecule has 4 nitrogen and oxygen atoms in total. The van der Waals surface area contributed by atoms with E-state index in [4.69, 9.17) is 4.74 Å². The number of hydrogen-bond acceptors (Lipinski definition) is 3. The number of pyridine rings is 1. The normalized spacial score (nSPS) is 15.2. The van der Waals surface area contributed by atoms with Gasteiger partial charge in [0.15, 0.2) is 6.61 Å². The molecule has 1 aliphatic rings. The van der Waals surface area contributed by atoms with Gasteiger partial charge in [-0.1, -0.05) is 37.5 Å². The van der Waals surface area contributed by atoms with Gasteiger partial charge >= 0.3 is 0 Å². The number of rotatable bonds is 5. The molecule has 1 aromatic carbocycles. The standard InChI is InChI=1S/C23H26N2O2/c1-16-14-20(17(2)25(16)19-10-4-3-5-11-19)21(26)15-27-22-12-6-8-18-9-7-13-24-23(18)22/h6-9,12-14,19H,3-5,10-11,15H2,1-2H3. The first-order valence-electron chi connectivity index (χ1n) is 9.83. The summed E-state index contributed by atoms with van der Waals surface area (Å²) in [6.45, 7) is 4.20. The van der Waals surface area contributed by atoms with E-state index >= 15 is 0 Å². The predicted molar refractivity (Wildman–Crippen MR) is 108 cm³/mol. The molecule has 1 aliphatic carbocycles. The van der Waals surface area contributed by atoms with Crippen molar-refractivity contribution >= 4 is 16.7 Å². The highest BCUT2D eigenvalue weighted by molar-refractivity contribution is 5.99. The maximum absolute atomic E-state index is 12.9. The van der Waals surface area contributed by atoms with Crippen LogP contribution in [-0.2, 0) is 0 Å². The molecule has 0 amide bonds. The summed E-state index contributed by atoms with van der Waals surface area (Å²) >= 11 is 0. The number of aryl methyl sites for hydroxylation is 1. The van der Waals surface area contributed by atoms with Crippen LogP contribution < -0.4 is 4.74 Å². The third-order valence-corrected chi connectivity index (χ3v) is 5.68. The van der Waals surface area contributed by atoms with Gasteiger partial charge in [-0.3, -0.25) is 9.78 Å². The van der Waals surface area contributed by atoms with Gasteiger partial charge in [0.1, 0.15) is 11.3 Å². The summed E-state index contributed by atoms with van der Waals surface area (Å²) in [6, 6.07) is 12.2. The number of para-hydroxylation sites is 1. The Balaban J connectivity index is 1.53. The van der Waals surface area contributed by atoms with Gasteiger partial charge in [-0.15, -0.1) is 0 Å². The lowest BCUT2D eigenvalue weighted by Crippen LogP contribution is -2.17. The quantitative estimate of drug-likeness (QED) is 0.569. The Kier molecular flexibility index (Phi) is 4.97. The van der Waals surface area contributed by atoms with E-state index in [0.29, 0.717) is 11.8 Å². The number of ketones is 1. The first-order valence-corrected chi connectivity index (χ1v) is 9.83. The topological polar surface area (TPSA) is 44.1 Å². The minimum absolute atomic E-state index is 0.0260. The van der Waals surface area contributed by atoms with Gasteiger partial charge in [0.25, 0.3) is 0 Å². The average Bonchev–Trinajstić information content (AvgIpc) is 3.01. The van der Waals surface area contributed by atoms with Crippen LogP contribution in [-0.4, -0.2) is 21.9 Å². The Morgan fingerprint density at radius 2 is 1.93 bits per heavy atom. The van der Waals surface area contributed by atoms with Crippen molar-refractivity contribution in [3.05, 3.63) is 59.5 Å². The third kappa shape index (κ3) is 3.48. The molecule has 2 heterocycles. The van der Waals surface area contributed by atoms with Gasteiger partial charge in [0.2, 0.25) is 5.78 Å². The number of aromatic nitrogens is 2. The van der Waals surface area contributed by atoms with Crippen LogP contribution in [0.2, 0.25) is 0 Å². The predicted octanol–water partition coefficient (Wildman–Crippen LogP) is 5.42. The molecule has 0 N–H and O–H groups in total. The molecule has 0 unspecified atom stereocenters. The number of carbonyl (C=O) groups excluding carboxylic acids is 1. The highest BCUT2D eigenvalue weighted by Gasteiger charge is 2.22. The summed E-state index contributed by atoms with van der Waals surface area (Å²) in [5.74, 6) is 0.681. The van der Waals surface area contributed by atoms with Crippen LogP contribution in [0.4, 0.5) is 0 Å². The Hall–Kier alpha value is -2.62. The van der Waals surface area contributed by atoms with Gasteiger partial charge in [-0.25, -0.2) is 0 Å². The summed E-state index contributed by atoms with van der Waals surface area (Å²) in [7, 11) is 0. The highest BCUT2D eigenvalue weighted by atomic mass is 16.5. The number of Topliss-reactive ketones (excluding diaryl/α,β-unsaturated/α-hetero) is 1. The molecule has 1 fully saturated rings. The molecule has 0 spiro atoms. The van der Waals surface area contributed by atoms with Gasteiger partial charge in [-0.2, -0.15) is 0 Å². The van der Waals surface area contributed by atoms with Crippen molar-refractivity contribution in [3.8, 4) is 5.75 Å². The zero-order valence-electron chi connectivity index (χ0n) is 16.1. The van der Waals surface area contributed by atoms with Crippen molar-refractivity contribution in [2.24, 2.45) is 0 Å². The fourth-order valence-electron chi connectivity index (χ4n) is 4.37. The molecule has 0 saturated heterocycles. The van der Waals surface area contributed by atoms with E-state index in [2.05, 4.69) is 23.4 Å². The SMILES string of the molecule is Cc1cc(C(=O)COc2cccc3cccnc23)c(C)n1C1CCCCC1. The number of ether oxygens (including phenoxy) is 1. The molecule has 27 heavy (non-hydrogen) atoms. The van der Waals surface area contributed by atoms with Crippen LogP contribution in [0.15, 0.2) is 42.6 Å². The van der Waals surface area contributed by atoms with Crippen molar-refractivity contribution < 1.29 is 9.53 Å². The molecule has 3 aromatic rings. The van der Waals surface area contributed by atoms with Gasteiger partial charge < -0.3 is 9.30 Å². The fourth-order valence-corrected chi connectivity index (χ4v) is 4.37. The molecular formula is C23H26N2O2. The van der Waals surface area contributed by atoms with Crippen LogP contribution in [0.1, 0.15) is 59.9 Å². The Bertz CT molecular complexity index is 962. The summed E-state index contributed by atoms with van der Waals surface area (Å²) in [5, 5.41) is 1.01. The van der Waals surface area contributed by atoms with E-state index in [9.17, 15) is 4.79 Å². The molecule has 4 rings (SSSR count). The average molecular weight is 362 g/mol. The minimum atomic E-state index is 0.0260. The smallest absolute Gasteiger partial charge is 0.202 e. The monoisotopic (exact) mass is 362 g/mol. The third-order valence-electron chi connectivity index (χ3n) is 5.68. The van der Waals surface area contributed by atoms with E-state index in [1.165, 1.54) is 37.8 Å². The number of hydrogen-bond donors (Lipinski definition) is 0. The maximum atomic E-state index is 12.9. The van der Waals surface area contributed by atoms with Crippen molar-refractivity contribution in [2.75, 3.05) is 6.61 Å². The lowest BCUT2D eigenvalue weighted by Gasteiger charge is -2.26. The lowest BCUT2D eigenvalue weighted by molar-refractivity contribution is 0.0921. The van der Waals surface area contributed by atoms with E-state index in [1.807, 2.05) is 36.4 Å². The number of nitrogens with zero attached hydrogens (tertiary/aromatic N) is 2. The van der Waals surface area contributed by atoms with Gasteiger partial charge in [0.05, 0.1) is 0 Å². The van der Waals surface area contributed by atoms with Crippen LogP contribution in [0.25, 0.3) is 10.9 Å². The Labute approximate surface area is 160 Å². The molecular weight excluding hydrogens is 336 g/mol. The van der Waals surface area contributed by atoms with Crippen molar-refractivity contribution in [3.63, 3.8) is 0 Å². The molecule has 2 aromatic heterocycles. The van der Waals surface area contributed by atoms with Crippen LogP contribution in [0.3, 0.4) is 0 Å². The zero-order chi connectivity index (χ0) is 18.8. The van der Waals surface area contributed by atoms with E-state index < -0.39 is 0 Å². The molecule has 4 heteroatoms. The number of carbonyl (C=O) groups is 1. The van der Waals surface area contributed by atoms with E-state index in [-0.39, 0.29) is 12.4 Å². The summed E-state index contributed by atoms with van der Waals surface area (Å²) in [6.07, 6.45) is 8.05. The van der Waals surface area contributed by atoms with Crippen molar-refractivity contribution in [1.82, 2.24) is 9.55 Å². The van der Waals surface area contributed by atoms with Crippen molar-refractivity contribution in [1.29, 1.82) is 0 Å². The molecule has 0 aliphatic heterocycles. The van der Waals surface area contributed by atoms with E-state index in [0.717, 1.165) is 22.2 Å².